The molecule has 0 unspecified atom stereocenters. The van der Waals surface area contributed by atoms with Crippen LogP contribution in [0.5, 0.6) is 0 Å². The predicted molar refractivity (Wildman–Crippen MR) is 51.0 cm³/mol. The smallest absolute Gasteiger partial charge is 0.151 e. The van der Waals surface area contributed by atoms with Crippen molar-refractivity contribution < 1.29 is 4.79 Å². The Morgan fingerprint density at radius 2 is 2.15 bits per heavy atom. The molecule has 2 nitrogen and oxygen atoms in total. The van der Waals surface area contributed by atoms with Crippen LogP contribution >= 0.6 is 0 Å². The molecule has 0 atom stereocenters. The molecule has 1 aromatic rings. The van der Waals surface area contributed by atoms with Crippen molar-refractivity contribution in [1.29, 1.82) is 0 Å². The second-order valence-corrected chi connectivity index (χ2v) is 3.59. The molecule has 0 radical (unpaired) electrons. The zero-order chi connectivity index (χ0) is 9.26. The molecule has 1 aliphatic rings. The van der Waals surface area contributed by atoms with Gasteiger partial charge in [-0.05, 0) is 44.2 Å². The number of aryl methyl sites for hydroxylation is 3. The molecule has 0 aliphatic heterocycles. The van der Waals surface area contributed by atoms with Gasteiger partial charge in [0.15, 0.2) is 6.29 Å². The first-order chi connectivity index (χ1) is 6.31. The van der Waals surface area contributed by atoms with E-state index in [4.69, 9.17) is 0 Å². The fourth-order valence-corrected chi connectivity index (χ4v) is 1.87. The van der Waals surface area contributed by atoms with Crippen LogP contribution in [0.25, 0.3) is 0 Å². The van der Waals surface area contributed by atoms with E-state index in [0.717, 1.165) is 30.4 Å². The van der Waals surface area contributed by atoms with E-state index in [1.165, 1.54) is 24.1 Å². The Balaban J connectivity index is 2.50. The zero-order valence-corrected chi connectivity index (χ0v) is 7.84. The van der Waals surface area contributed by atoms with Gasteiger partial charge in [0, 0.05) is 17.0 Å². The van der Waals surface area contributed by atoms with E-state index in [1.807, 2.05) is 13.0 Å². The van der Waals surface area contributed by atoms with E-state index in [1.54, 1.807) is 0 Å². The van der Waals surface area contributed by atoms with Crippen molar-refractivity contribution >= 4 is 6.29 Å². The summed E-state index contributed by atoms with van der Waals surface area (Å²) in [4.78, 5) is 15.1. The normalized spacial score (nSPS) is 15.2. The number of aromatic nitrogens is 1. The third-order valence-corrected chi connectivity index (χ3v) is 2.66. The maximum absolute atomic E-state index is 10.7. The molecule has 1 heterocycles. The molecule has 0 amide bonds. The van der Waals surface area contributed by atoms with Gasteiger partial charge >= 0.3 is 0 Å². The van der Waals surface area contributed by atoms with Crippen LogP contribution in [0.1, 0.15) is 40.2 Å². The van der Waals surface area contributed by atoms with E-state index in [2.05, 4.69) is 4.98 Å². The summed E-state index contributed by atoms with van der Waals surface area (Å²) in [6.45, 7) is 1.90. The van der Waals surface area contributed by atoms with Gasteiger partial charge in [-0.2, -0.15) is 0 Å². The summed E-state index contributed by atoms with van der Waals surface area (Å²) in [5.41, 5.74) is 4.10. The highest BCUT2D eigenvalue weighted by atomic mass is 16.1. The summed E-state index contributed by atoms with van der Waals surface area (Å²) >= 11 is 0. The third kappa shape index (κ3) is 1.48. The Hall–Kier alpha value is -1.18. The Morgan fingerprint density at radius 3 is 2.92 bits per heavy atom. The number of fused-ring (bicyclic) bond motifs is 1. The summed E-state index contributed by atoms with van der Waals surface area (Å²) in [5.74, 6) is 0. The van der Waals surface area contributed by atoms with Gasteiger partial charge in [0.2, 0.25) is 0 Å². The number of rotatable bonds is 1. The molecule has 13 heavy (non-hydrogen) atoms. The first kappa shape index (κ1) is 8.42. The minimum Gasteiger partial charge on any atom is -0.298 e. The lowest BCUT2D eigenvalue weighted by molar-refractivity contribution is 0.112. The number of nitrogens with zero attached hydrogens (tertiary/aromatic N) is 1. The molecule has 1 aliphatic carbocycles. The van der Waals surface area contributed by atoms with Gasteiger partial charge in [-0.25, -0.2) is 0 Å². The largest absolute Gasteiger partial charge is 0.298 e. The number of carbonyl (C=O) groups is 1. The average Bonchev–Trinajstić information content (AvgIpc) is 2.17. The molecule has 0 bridgehead atoms. The molecule has 0 spiro atoms. The molecule has 0 N–H and O–H groups in total. The second-order valence-electron chi connectivity index (χ2n) is 3.59. The van der Waals surface area contributed by atoms with Crippen molar-refractivity contribution in [3.05, 3.63) is 28.6 Å². The first-order valence-electron chi connectivity index (χ1n) is 4.76. The molecule has 2 rings (SSSR count). The molecule has 0 fully saturated rings. The summed E-state index contributed by atoms with van der Waals surface area (Å²) in [5, 5.41) is 0. The maximum Gasteiger partial charge on any atom is 0.151 e. The van der Waals surface area contributed by atoms with Crippen molar-refractivity contribution in [3.63, 3.8) is 0 Å². The lowest BCUT2D eigenvalue weighted by Crippen LogP contribution is -2.08. The van der Waals surface area contributed by atoms with Gasteiger partial charge in [0.1, 0.15) is 0 Å². The lowest BCUT2D eigenvalue weighted by atomic mass is 9.94. The average molecular weight is 175 g/mol. The molecule has 1 aromatic heterocycles. The molecule has 0 saturated heterocycles. The highest BCUT2D eigenvalue weighted by Gasteiger charge is 2.12. The molecule has 0 aromatic carbocycles. The van der Waals surface area contributed by atoms with Crippen LogP contribution in [0.2, 0.25) is 0 Å². The highest BCUT2D eigenvalue weighted by Crippen LogP contribution is 2.21. The van der Waals surface area contributed by atoms with Crippen molar-refractivity contribution in [2.45, 2.75) is 32.6 Å². The third-order valence-electron chi connectivity index (χ3n) is 2.66. The SMILES string of the molecule is Cc1nc2c(cc1C=O)CCCC2. The van der Waals surface area contributed by atoms with Crippen molar-refractivity contribution in [2.75, 3.05) is 0 Å². The predicted octanol–water partition coefficient (Wildman–Crippen LogP) is 2.08. The first-order valence-corrected chi connectivity index (χ1v) is 4.76. The Bertz CT molecular complexity index is 344. The summed E-state index contributed by atoms with van der Waals surface area (Å²) in [6, 6.07) is 2.00. The molecular weight excluding hydrogens is 162 g/mol. The Labute approximate surface area is 78.0 Å². The van der Waals surface area contributed by atoms with Gasteiger partial charge in [-0.3, -0.25) is 9.78 Å². The summed E-state index contributed by atoms with van der Waals surface area (Å²) < 4.78 is 0. The standard InChI is InChI=1S/C11H13NO/c1-8-10(7-13)6-9-4-2-3-5-11(9)12-8/h6-7H,2-5H2,1H3. The highest BCUT2D eigenvalue weighted by molar-refractivity contribution is 5.76. The molecule has 68 valence electrons. The number of pyridine rings is 1. The Morgan fingerprint density at radius 1 is 1.38 bits per heavy atom. The molecule has 2 heteroatoms. The van der Waals surface area contributed by atoms with E-state index in [-0.39, 0.29) is 0 Å². The van der Waals surface area contributed by atoms with E-state index < -0.39 is 0 Å². The summed E-state index contributed by atoms with van der Waals surface area (Å²) in [7, 11) is 0. The summed E-state index contributed by atoms with van der Waals surface area (Å²) in [6.07, 6.45) is 5.53. The Kier molecular flexibility index (Phi) is 2.13. The van der Waals surface area contributed by atoms with Crippen molar-refractivity contribution in [2.24, 2.45) is 0 Å². The van der Waals surface area contributed by atoms with E-state index in [9.17, 15) is 4.79 Å². The topological polar surface area (TPSA) is 30.0 Å². The van der Waals surface area contributed by atoms with Crippen molar-refractivity contribution in [1.82, 2.24) is 4.98 Å². The van der Waals surface area contributed by atoms with Gasteiger partial charge < -0.3 is 0 Å². The fraction of sp³-hybridized carbons (Fsp3) is 0.455. The van der Waals surface area contributed by atoms with Crippen LogP contribution in [-0.4, -0.2) is 11.3 Å². The van der Waals surface area contributed by atoms with Gasteiger partial charge in [-0.1, -0.05) is 0 Å². The molecule has 0 saturated carbocycles. The lowest BCUT2D eigenvalue weighted by Gasteiger charge is -2.15. The fourth-order valence-electron chi connectivity index (χ4n) is 1.87. The van der Waals surface area contributed by atoms with Crippen LogP contribution in [0.4, 0.5) is 0 Å². The van der Waals surface area contributed by atoms with Crippen LogP contribution in [-0.2, 0) is 12.8 Å². The van der Waals surface area contributed by atoms with E-state index >= 15 is 0 Å². The minimum atomic E-state index is 0.751. The second kappa shape index (κ2) is 3.29. The zero-order valence-electron chi connectivity index (χ0n) is 7.84. The molecular formula is C11H13NO. The minimum absolute atomic E-state index is 0.751. The number of carbonyl (C=O) groups excluding carboxylic acids is 1. The number of hydrogen-bond donors (Lipinski definition) is 0. The number of aldehydes is 1. The monoisotopic (exact) mass is 175 g/mol. The van der Waals surface area contributed by atoms with Crippen LogP contribution in [0.15, 0.2) is 6.07 Å². The van der Waals surface area contributed by atoms with Crippen LogP contribution < -0.4 is 0 Å². The maximum atomic E-state index is 10.7. The van der Waals surface area contributed by atoms with Gasteiger partial charge in [-0.15, -0.1) is 0 Å². The number of hydrogen-bond acceptors (Lipinski definition) is 2. The van der Waals surface area contributed by atoms with Gasteiger partial charge in [0.25, 0.3) is 0 Å². The van der Waals surface area contributed by atoms with Gasteiger partial charge in [0.05, 0.1) is 0 Å². The van der Waals surface area contributed by atoms with Crippen LogP contribution in [0.3, 0.4) is 0 Å². The van der Waals surface area contributed by atoms with Crippen LogP contribution in [0, 0.1) is 6.92 Å². The quantitative estimate of drug-likeness (QED) is 0.612. The van der Waals surface area contributed by atoms with Crippen molar-refractivity contribution in [3.8, 4) is 0 Å². The van der Waals surface area contributed by atoms with E-state index in [0.29, 0.717) is 0 Å².